The number of halogens is 2. The third-order valence-electron chi connectivity index (χ3n) is 3.35. The van der Waals surface area contributed by atoms with Gasteiger partial charge in [-0.3, -0.25) is 15.6 Å². The third kappa shape index (κ3) is 6.23. The summed E-state index contributed by atoms with van der Waals surface area (Å²) >= 11 is 5.08. The first-order valence-electron chi connectivity index (χ1n) is 8.16. The van der Waals surface area contributed by atoms with Crippen LogP contribution in [0.15, 0.2) is 42.5 Å². The average Bonchev–Trinajstić information content (AvgIpc) is 2.67. The summed E-state index contributed by atoms with van der Waals surface area (Å²) in [5.74, 6) is 0.552. The van der Waals surface area contributed by atoms with E-state index in [1.54, 1.807) is 18.2 Å². The van der Waals surface area contributed by atoms with Crippen molar-refractivity contribution in [2.24, 2.45) is 0 Å². The Labute approximate surface area is 165 Å². The van der Waals surface area contributed by atoms with Crippen LogP contribution in [0.2, 0.25) is 0 Å². The number of rotatable bonds is 7. The van der Waals surface area contributed by atoms with Crippen molar-refractivity contribution in [3.8, 4) is 17.2 Å². The van der Waals surface area contributed by atoms with Gasteiger partial charge in [-0.15, -0.1) is 0 Å². The van der Waals surface area contributed by atoms with Crippen LogP contribution in [0.3, 0.4) is 0 Å². The van der Waals surface area contributed by atoms with Crippen LogP contribution in [0.25, 0.3) is 0 Å². The van der Waals surface area contributed by atoms with Crippen LogP contribution in [-0.2, 0) is 0 Å². The highest BCUT2D eigenvalue weighted by atomic mass is 32.1. The lowest BCUT2D eigenvalue weighted by atomic mass is 10.2. The molecule has 0 fully saturated rings. The molecule has 7 nitrogen and oxygen atoms in total. The van der Waals surface area contributed by atoms with Crippen molar-refractivity contribution in [3.05, 3.63) is 48.0 Å². The number of alkyl halides is 2. The predicted octanol–water partition coefficient (Wildman–Crippen LogP) is 3.33. The first kappa shape index (κ1) is 21.2. The van der Waals surface area contributed by atoms with Crippen LogP contribution in [0.5, 0.6) is 17.2 Å². The van der Waals surface area contributed by atoms with Gasteiger partial charge in [-0.25, -0.2) is 0 Å². The predicted molar refractivity (Wildman–Crippen MR) is 104 cm³/mol. The van der Waals surface area contributed by atoms with Gasteiger partial charge in [0.1, 0.15) is 5.75 Å². The molecule has 1 amide bonds. The van der Waals surface area contributed by atoms with Gasteiger partial charge in [0.25, 0.3) is 5.91 Å². The number of hydrogen-bond donors (Lipinski definition) is 3. The van der Waals surface area contributed by atoms with Crippen molar-refractivity contribution >= 4 is 28.9 Å². The van der Waals surface area contributed by atoms with Crippen molar-refractivity contribution in [3.63, 3.8) is 0 Å². The molecule has 0 saturated heterocycles. The normalized spacial score (nSPS) is 10.2. The third-order valence-corrected chi connectivity index (χ3v) is 3.56. The first-order chi connectivity index (χ1) is 13.4. The number of carbonyl (C=O) groups is 1. The van der Waals surface area contributed by atoms with E-state index in [1.165, 1.54) is 31.4 Å². The molecule has 0 saturated carbocycles. The molecule has 0 aliphatic heterocycles. The number of methoxy groups -OCH3 is 1. The molecule has 0 spiro atoms. The second kappa shape index (κ2) is 10.3. The Hall–Kier alpha value is -3.14. The van der Waals surface area contributed by atoms with Crippen LogP contribution in [0.1, 0.15) is 17.3 Å². The molecule has 0 aromatic heterocycles. The maximum atomic E-state index is 12.2. The van der Waals surface area contributed by atoms with Gasteiger partial charge in [0.15, 0.2) is 16.6 Å². The average molecular weight is 411 g/mol. The zero-order valence-electron chi connectivity index (χ0n) is 15.1. The first-order valence-corrected chi connectivity index (χ1v) is 8.56. The van der Waals surface area contributed by atoms with E-state index in [9.17, 15) is 13.6 Å². The number of nitrogens with one attached hydrogen (secondary N) is 3. The molecule has 150 valence electrons. The molecule has 0 bridgehead atoms. The summed E-state index contributed by atoms with van der Waals surface area (Å²) in [7, 11) is 1.48. The molecular weight excluding hydrogens is 392 g/mol. The Morgan fingerprint density at radius 2 is 1.82 bits per heavy atom. The quantitative estimate of drug-likeness (QED) is 0.476. The standard InChI is InChI=1S/C18H19F2N3O4S/c1-3-26-14-9-4-11(10-15(14)25-2)16(24)22-23-18(28)21-12-5-7-13(8-6-12)27-17(19)20/h4-10,17H,3H2,1-2H3,(H,22,24)(H2,21,23,28). The molecule has 10 heteroatoms. The van der Waals surface area contributed by atoms with E-state index in [4.69, 9.17) is 21.7 Å². The molecule has 2 rings (SSSR count). The highest BCUT2D eigenvalue weighted by Gasteiger charge is 2.11. The summed E-state index contributed by atoms with van der Waals surface area (Å²) in [6, 6.07) is 10.5. The van der Waals surface area contributed by atoms with Crippen LogP contribution in [0, 0.1) is 0 Å². The molecule has 2 aromatic carbocycles. The summed E-state index contributed by atoms with van der Waals surface area (Å²) in [5, 5.41) is 2.90. The fourth-order valence-electron chi connectivity index (χ4n) is 2.15. The minimum absolute atomic E-state index is 0.0252. The van der Waals surface area contributed by atoms with Crippen molar-refractivity contribution in [2.75, 3.05) is 19.0 Å². The molecule has 0 heterocycles. The largest absolute Gasteiger partial charge is 0.493 e. The number of carbonyl (C=O) groups excluding carboxylic acids is 1. The van der Waals surface area contributed by atoms with Crippen molar-refractivity contribution in [1.29, 1.82) is 0 Å². The van der Waals surface area contributed by atoms with Crippen LogP contribution in [0.4, 0.5) is 14.5 Å². The molecule has 0 aliphatic rings. The number of benzene rings is 2. The van der Waals surface area contributed by atoms with E-state index in [0.717, 1.165) is 0 Å². The lowest BCUT2D eigenvalue weighted by Crippen LogP contribution is -2.43. The smallest absolute Gasteiger partial charge is 0.387 e. The minimum atomic E-state index is -2.89. The SMILES string of the molecule is CCOc1ccc(C(=O)NNC(=S)Nc2ccc(OC(F)F)cc2)cc1OC. The second-order valence-electron chi connectivity index (χ2n) is 5.23. The number of anilines is 1. The van der Waals surface area contributed by atoms with E-state index in [2.05, 4.69) is 20.9 Å². The maximum Gasteiger partial charge on any atom is 0.387 e. The van der Waals surface area contributed by atoms with Crippen molar-refractivity contribution in [1.82, 2.24) is 10.9 Å². The summed E-state index contributed by atoms with van der Waals surface area (Å²) in [6.07, 6.45) is 0. The van der Waals surface area contributed by atoms with E-state index >= 15 is 0 Å². The topological polar surface area (TPSA) is 80.9 Å². The Kier molecular flexibility index (Phi) is 7.76. The van der Waals surface area contributed by atoms with Gasteiger partial charge in [-0.1, -0.05) is 0 Å². The van der Waals surface area contributed by atoms with Gasteiger partial charge in [-0.2, -0.15) is 8.78 Å². The van der Waals surface area contributed by atoms with Crippen molar-refractivity contribution < 1.29 is 27.8 Å². The summed E-state index contributed by atoms with van der Waals surface area (Å²) in [6.45, 7) is -0.575. The number of hydrazine groups is 1. The Morgan fingerprint density at radius 3 is 2.43 bits per heavy atom. The Bertz CT molecular complexity index is 819. The van der Waals surface area contributed by atoms with E-state index in [1.807, 2.05) is 6.92 Å². The molecule has 0 radical (unpaired) electrons. The zero-order chi connectivity index (χ0) is 20.5. The molecular formula is C18H19F2N3O4S. The lowest BCUT2D eigenvalue weighted by molar-refractivity contribution is -0.0498. The van der Waals surface area contributed by atoms with Crippen LogP contribution < -0.4 is 30.4 Å². The fourth-order valence-corrected chi connectivity index (χ4v) is 2.32. The summed E-state index contributed by atoms with van der Waals surface area (Å²) in [5.41, 5.74) is 5.86. The molecule has 0 aliphatic carbocycles. The lowest BCUT2D eigenvalue weighted by Gasteiger charge is -2.13. The van der Waals surface area contributed by atoms with E-state index < -0.39 is 12.5 Å². The van der Waals surface area contributed by atoms with Crippen LogP contribution in [-0.4, -0.2) is 31.3 Å². The van der Waals surface area contributed by atoms with Crippen LogP contribution >= 0.6 is 12.2 Å². The number of hydrogen-bond acceptors (Lipinski definition) is 5. The summed E-state index contributed by atoms with van der Waals surface area (Å²) < 4.78 is 39.1. The van der Waals surface area contributed by atoms with Gasteiger partial charge >= 0.3 is 6.61 Å². The van der Waals surface area contributed by atoms with Crippen molar-refractivity contribution in [2.45, 2.75) is 13.5 Å². The van der Waals surface area contributed by atoms with Gasteiger partial charge in [0.2, 0.25) is 0 Å². The van der Waals surface area contributed by atoms with E-state index in [-0.39, 0.29) is 10.9 Å². The summed E-state index contributed by atoms with van der Waals surface area (Å²) in [4.78, 5) is 12.2. The number of ether oxygens (including phenoxy) is 3. The molecule has 28 heavy (non-hydrogen) atoms. The highest BCUT2D eigenvalue weighted by Crippen LogP contribution is 2.27. The zero-order valence-corrected chi connectivity index (χ0v) is 15.9. The van der Waals surface area contributed by atoms with Gasteiger partial charge < -0.3 is 19.5 Å². The molecule has 0 atom stereocenters. The highest BCUT2D eigenvalue weighted by molar-refractivity contribution is 7.80. The fraction of sp³-hybridized carbons (Fsp3) is 0.222. The van der Waals surface area contributed by atoms with Gasteiger partial charge in [-0.05, 0) is 61.6 Å². The molecule has 2 aromatic rings. The molecule has 0 unspecified atom stereocenters. The van der Waals surface area contributed by atoms with Gasteiger partial charge in [0, 0.05) is 11.3 Å². The monoisotopic (exact) mass is 411 g/mol. The second-order valence-corrected chi connectivity index (χ2v) is 5.64. The molecule has 3 N–H and O–H groups in total. The Balaban J connectivity index is 1.89. The number of amides is 1. The van der Waals surface area contributed by atoms with Gasteiger partial charge in [0.05, 0.1) is 13.7 Å². The maximum absolute atomic E-state index is 12.2. The van der Waals surface area contributed by atoms with E-state index in [0.29, 0.717) is 29.4 Å². The minimum Gasteiger partial charge on any atom is -0.493 e. The Morgan fingerprint density at radius 1 is 1.11 bits per heavy atom. The number of thiocarbonyl (C=S) groups is 1.